The van der Waals surface area contributed by atoms with Crippen LogP contribution in [0, 0.1) is 5.92 Å². The third kappa shape index (κ3) is 4.68. The van der Waals surface area contributed by atoms with Crippen molar-refractivity contribution < 1.29 is 8.42 Å². The Labute approximate surface area is 142 Å². The van der Waals surface area contributed by atoms with Crippen molar-refractivity contribution in [3.05, 3.63) is 22.7 Å². The summed E-state index contributed by atoms with van der Waals surface area (Å²) < 4.78 is 27.4. The minimum atomic E-state index is -3.54. The molecule has 0 aliphatic carbocycles. The number of rotatable bonds is 7. The standard InChI is InChI=1S/C15H26BrN3O2S/c1-11(2)14(17)8-9-19(5)22(20,21)15-10-12(18(3)4)6-7-13(15)16/h6-7,10-11,14H,8-9,17H2,1-5H3. The van der Waals surface area contributed by atoms with Crippen LogP contribution in [-0.4, -0.2) is 46.5 Å². The molecule has 1 unspecified atom stereocenters. The first kappa shape index (κ1) is 19.4. The Morgan fingerprint density at radius 3 is 2.32 bits per heavy atom. The van der Waals surface area contributed by atoms with E-state index in [1.54, 1.807) is 19.2 Å². The summed E-state index contributed by atoms with van der Waals surface area (Å²) in [7, 11) is 1.81. The Morgan fingerprint density at radius 2 is 1.82 bits per heavy atom. The van der Waals surface area contributed by atoms with E-state index >= 15 is 0 Å². The van der Waals surface area contributed by atoms with E-state index in [1.807, 2.05) is 38.9 Å². The maximum Gasteiger partial charge on any atom is 0.244 e. The molecule has 0 aliphatic heterocycles. The number of sulfonamides is 1. The molecule has 0 saturated heterocycles. The molecule has 0 aromatic heterocycles. The Morgan fingerprint density at radius 1 is 1.23 bits per heavy atom. The van der Waals surface area contributed by atoms with Gasteiger partial charge in [0.1, 0.15) is 0 Å². The highest BCUT2D eigenvalue weighted by Crippen LogP contribution is 2.28. The van der Waals surface area contributed by atoms with Crippen molar-refractivity contribution in [3.8, 4) is 0 Å². The molecule has 2 N–H and O–H groups in total. The van der Waals surface area contributed by atoms with Crippen LogP contribution in [0.15, 0.2) is 27.6 Å². The molecule has 1 rings (SSSR count). The van der Waals surface area contributed by atoms with Crippen molar-refractivity contribution in [3.63, 3.8) is 0 Å². The molecular formula is C15H26BrN3O2S. The van der Waals surface area contributed by atoms with E-state index in [4.69, 9.17) is 5.73 Å². The van der Waals surface area contributed by atoms with Crippen LogP contribution in [0.2, 0.25) is 0 Å². The summed E-state index contributed by atoms with van der Waals surface area (Å²) in [5.74, 6) is 0.333. The van der Waals surface area contributed by atoms with E-state index in [9.17, 15) is 8.42 Å². The van der Waals surface area contributed by atoms with Gasteiger partial charge in [-0.25, -0.2) is 12.7 Å². The van der Waals surface area contributed by atoms with Crippen LogP contribution in [-0.2, 0) is 10.0 Å². The smallest absolute Gasteiger partial charge is 0.244 e. The van der Waals surface area contributed by atoms with Crippen molar-refractivity contribution in [2.24, 2.45) is 11.7 Å². The Balaban J connectivity index is 3.00. The molecule has 0 amide bonds. The first-order chi connectivity index (χ1) is 10.1. The van der Waals surface area contributed by atoms with Gasteiger partial charge in [0.15, 0.2) is 0 Å². The second-order valence-corrected chi connectivity index (χ2v) is 8.90. The number of nitrogens with two attached hydrogens (primary N) is 1. The molecule has 1 aromatic carbocycles. The van der Waals surface area contributed by atoms with Crippen molar-refractivity contribution in [1.82, 2.24) is 4.31 Å². The molecule has 0 radical (unpaired) electrons. The van der Waals surface area contributed by atoms with E-state index in [-0.39, 0.29) is 10.9 Å². The average molecular weight is 392 g/mol. The van der Waals surface area contributed by atoms with Gasteiger partial charge in [0.2, 0.25) is 10.0 Å². The Kier molecular flexibility index (Phi) is 6.85. The SMILES string of the molecule is CC(C)C(N)CCN(C)S(=O)(=O)c1cc(N(C)C)ccc1Br. The normalized spacial score (nSPS) is 13.7. The first-order valence-electron chi connectivity index (χ1n) is 7.26. The second-order valence-electron chi connectivity index (χ2n) is 6.03. The minimum Gasteiger partial charge on any atom is -0.378 e. The predicted molar refractivity (Wildman–Crippen MR) is 95.7 cm³/mol. The summed E-state index contributed by atoms with van der Waals surface area (Å²) in [6.07, 6.45) is 0.637. The zero-order valence-electron chi connectivity index (χ0n) is 13.9. The van der Waals surface area contributed by atoms with Crippen LogP contribution >= 0.6 is 15.9 Å². The summed E-state index contributed by atoms with van der Waals surface area (Å²) in [5.41, 5.74) is 6.84. The lowest BCUT2D eigenvalue weighted by molar-refractivity contribution is 0.397. The summed E-state index contributed by atoms with van der Waals surface area (Å²) in [6, 6.07) is 5.31. The fourth-order valence-corrected chi connectivity index (χ4v) is 4.05. The van der Waals surface area contributed by atoms with Crippen molar-refractivity contribution in [2.45, 2.75) is 31.2 Å². The number of benzene rings is 1. The van der Waals surface area contributed by atoms with Crippen molar-refractivity contribution in [2.75, 3.05) is 32.6 Å². The molecule has 0 spiro atoms. The van der Waals surface area contributed by atoms with Crippen molar-refractivity contribution >= 4 is 31.6 Å². The molecule has 0 fully saturated rings. The lowest BCUT2D eigenvalue weighted by atomic mass is 10.0. The van der Waals surface area contributed by atoms with E-state index in [1.165, 1.54) is 4.31 Å². The number of hydrogen-bond acceptors (Lipinski definition) is 4. The van der Waals surface area contributed by atoms with Gasteiger partial charge in [0.05, 0.1) is 4.90 Å². The van der Waals surface area contributed by atoms with Crippen LogP contribution < -0.4 is 10.6 Å². The fraction of sp³-hybridized carbons (Fsp3) is 0.600. The maximum atomic E-state index is 12.7. The third-order valence-corrected chi connectivity index (χ3v) is 6.60. The van der Waals surface area contributed by atoms with E-state index in [0.29, 0.717) is 23.4 Å². The fourth-order valence-electron chi connectivity index (χ4n) is 1.92. The molecule has 1 atom stereocenters. The molecule has 7 heteroatoms. The summed E-state index contributed by atoms with van der Waals surface area (Å²) >= 11 is 3.34. The molecular weight excluding hydrogens is 366 g/mol. The lowest BCUT2D eigenvalue weighted by Gasteiger charge is -2.22. The first-order valence-corrected chi connectivity index (χ1v) is 9.49. The Hall–Kier alpha value is -0.630. The number of anilines is 1. The molecule has 22 heavy (non-hydrogen) atoms. The van der Waals surface area contributed by atoms with Crippen molar-refractivity contribution in [1.29, 1.82) is 0 Å². The van der Waals surface area contributed by atoms with Gasteiger partial charge in [0.25, 0.3) is 0 Å². The minimum absolute atomic E-state index is 0.00537. The van der Waals surface area contributed by atoms with Crippen LogP contribution in [0.25, 0.3) is 0 Å². The largest absolute Gasteiger partial charge is 0.378 e. The van der Waals surface area contributed by atoms with Gasteiger partial charge in [-0.15, -0.1) is 0 Å². The second kappa shape index (κ2) is 7.77. The molecule has 0 heterocycles. The van der Waals surface area contributed by atoms with Crippen LogP contribution in [0.5, 0.6) is 0 Å². The van der Waals surface area contributed by atoms with Gasteiger partial charge < -0.3 is 10.6 Å². The van der Waals surface area contributed by atoms with E-state index in [2.05, 4.69) is 15.9 Å². The van der Waals surface area contributed by atoms with Crippen LogP contribution in [0.3, 0.4) is 0 Å². The highest BCUT2D eigenvalue weighted by atomic mass is 79.9. The van der Waals surface area contributed by atoms with E-state index in [0.717, 1.165) is 5.69 Å². The van der Waals surface area contributed by atoms with Gasteiger partial charge in [-0.05, 0) is 46.5 Å². The average Bonchev–Trinajstić information content (AvgIpc) is 2.43. The highest BCUT2D eigenvalue weighted by molar-refractivity contribution is 9.10. The quantitative estimate of drug-likeness (QED) is 0.775. The van der Waals surface area contributed by atoms with E-state index < -0.39 is 10.0 Å². The van der Waals surface area contributed by atoms with Gasteiger partial charge in [-0.3, -0.25) is 0 Å². The molecule has 5 nitrogen and oxygen atoms in total. The maximum absolute atomic E-state index is 12.7. The van der Waals surface area contributed by atoms with Gasteiger partial charge in [-0.1, -0.05) is 13.8 Å². The topological polar surface area (TPSA) is 66.6 Å². The summed E-state index contributed by atoms with van der Waals surface area (Å²) in [4.78, 5) is 2.15. The predicted octanol–water partition coefficient (Wildman–Crippen LogP) is 2.51. The number of nitrogens with zero attached hydrogens (tertiary/aromatic N) is 2. The molecule has 126 valence electrons. The molecule has 0 aliphatic rings. The zero-order valence-corrected chi connectivity index (χ0v) is 16.3. The monoisotopic (exact) mass is 391 g/mol. The van der Waals surface area contributed by atoms with Gasteiger partial charge in [0, 0.05) is 43.9 Å². The molecule has 0 bridgehead atoms. The number of halogens is 1. The highest BCUT2D eigenvalue weighted by Gasteiger charge is 2.24. The van der Waals surface area contributed by atoms with Crippen LogP contribution in [0.4, 0.5) is 5.69 Å². The molecule has 0 saturated carbocycles. The number of hydrogen-bond donors (Lipinski definition) is 1. The summed E-state index contributed by atoms with van der Waals surface area (Å²) in [6.45, 7) is 4.48. The van der Waals surface area contributed by atoms with Gasteiger partial charge >= 0.3 is 0 Å². The zero-order chi connectivity index (χ0) is 17.1. The Bertz CT molecular complexity index is 603. The van der Waals surface area contributed by atoms with Crippen LogP contribution in [0.1, 0.15) is 20.3 Å². The lowest BCUT2D eigenvalue weighted by Crippen LogP contribution is -2.34. The third-order valence-electron chi connectivity index (χ3n) is 3.75. The van der Waals surface area contributed by atoms with Gasteiger partial charge in [-0.2, -0.15) is 0 Å². The molecule has 1 aromatic rings. The summed E-state index contributed by atoms with van der Waals surface area (Å²) in [5, 5.41) is 0.